The van der Waals surface area contributed by atoms with Crippen molar-refractivity contribution in [3.63, 3.8) is 0 Å². The highest BCUT2D eigenvalue weighted by Crippen LogP contribution is 2.24. The Bertz CT molecular complexity index is 511. The highest BCUT2D eigenvalue weighted by atomic mass is 16.4. The van der Waals surface area contributed by atoms with Gasteiger partial charge in [0.2, 0.25) is 0 Å². The van der Waals surface area contributed by atoms with Crippen molar-refractivity contribution in [3.05, 3.63) is 66.0 Å². The number of nitrogens with zero attached hydrogens (tertiary/aromatic N) is 1. The molecule has 0 radical (unpaired) electrons. The normalized spacial score (nSPS) is 12.0. The quantitative estimate of drug-likeness (QED) is 0.861. The number of hydrogen-bond acceptors (Lipinski definition) is 2. The van der Waals surface area contributed by atoms with Crippen LogP contribution in [0.4, 0.5) is 0 Å². The van der Waals surface area contributed by atoms with Crippen LogP contribution in [-0.2, 0) is 11.2 Å². The molecule has 0 saturated heterocycles. The minimum Gasteiger partial charge on any atom is -0.481 e. The average molecular weight is 255 g/mol. The number of rotatable bonds is 6. The van der Waals surface area contributed by atoms with Crippen LogP contribution in [0.15, 0.2) is 54.9 Å². The summed E-state index contributed by atoms with van der Waals surface area (Å²) < 4.78 is 0. The molecule has 1 aromatic carbocycles. The van der Waals surface area contributed by atoms with Gasteiger partial charge in [0, 0.05) is 12.4 Å². The maximum Gasteiger partial charge on any atom is 0.303 e. The van der Waals surface area contributed by atoms with Crippen molar-refractivity contribution >= 4 is 5.97 Å². The Kier molecular flexibility index (Phi) is 4.67. The van der Waals surface area contributed by atoms with E-state index in [9.17, 15) is 4.79 Å². The number of aryl methyl sites for hydroxylation is 1. The summed E-state index contributed by atoms with van der Waals surface area (Å²) in [6.45, 7) is 0. The Morgan fingerprint density at radius 2 is 1.79 bits per heavy atom. The molecule has 98 valence electrons. The monoisotopic (exact) mass is 255 g/mol. The van der Waals surface area contributed by atoms with E-state index in [0.29, 0.717) is 0 Å². The first-order valence-electron chi connectivity index (χ1n) is 6.41. The number of benzene rings is 1. The van der Waals surface area contributed by atoms with Crippen molar-refractivity contribution in [3.8, 4) is 0 Å². The van der Waals surface area contributed by atoms with E-state index in [0.717, 1.165) is 18.4 Å². The Balaban J connectivity index is 2.04. The molecule has 0 saturated carbocycles. The first kappa shape index (κ1) is 13.3. The number of aliphatic carboxylic acids is 1. The zero-order valence-electron chi connectivity index (χ0n) is 10.7. The molecule has 19 heavy (non-hydrogen) atoms. The highest BCUT2D eigenvalue weighted by Gasteiger charge is 2.15. The maximum absolute atomic E-state index is 11.0. The molecular weight excluding hydrogens is 238 g/mol. The van der Waals surface area contributed by atoms with Gasteiger partial charge in [-0.3, -0.25) is 9.78 Å². The summed E-state index contributed by atoms with van der Waals surface area (Å²) in [7, 11) is 0. The molecule has 3 heteroatoms. The lowest BCUT2D eigenvalue weighted by Crippen LogP contribution is -2.07. The van der Waals surface area contributed by atoms with Crippen molar-refractivity contribution in [2.24, 2.45) is 0 Å². The van der Waals surface area contributed by atoms with Gasteiger partial charge in [0.25, 0.3) is 0 Å². The molecule has 2 aromatic rings. The van der Waals surface area contributed by atoms with Crippen LogP contribution in [-0.4, -0.2) is 16.1 Å². The summed E-state index contributed by atoms with van der Waals surface area (Å²) in [5.74, 6) is -0.712. The second-order valence-corrected chi connectivity index (χ2v) is 4.60. The topological polar surface area (TPSA) is 50.2 Å². The van der Waals surface area contributed by atoms with Crippen molar-refractivity contribution in [2.75, 3.05) is 0 Å². The van der Waals surface area contributed by atoms with Crippen molar-refractivity contribution in [1.82, 2.24) is 4.98 Å². The SMILES string of the molecule is O=C(O)CC(CCc1ccccc1)c1ccncc1. The number of aromatic nitrogens is 1. The van der Waals surface area contributed by atoms with Gasteiger partial charge in [0.15, 0.2) is 0 Å². The maximum atomic E-state index is 11.0. The molecule has 0 aliphatic rings. The van der Waals surface area contributed by atoms with Crippen LogP contribution < -0.4 is 0 Å². The van der Waals surface area contributed by atoms with E-state index in [1.165, 1.54) is 5.56 Å². The third-order valence-corrected chi connectivity index (χ3v) is 3.22. The van der Waals surface area contributed by atoms with Gasteiger partial charge in [-0.25, -0.2) is 0 Å². The Labute approximate surface area is 112 Å². The molecule has 0 aliphatic heterocycles. The first-order chi connectivity index (χ1) is 9.25. The number of carbonyl (C=O) groups is 1. The zero-order valence-corrected chi connectivity index (χ0v) is 10.7. The standard InChI is InChI=1S/C16H17NO2/c18-16(19)12-15(14-8-10-17-11-9-14)7-6-13-4-2-1-3-5-13/h1-5,8-11,15H,6-7,12H2,(H,18,19). The van der Waals surface area contributed by atoms with Crippen molar-refractivity contribution < 1.29 is 9.90 Å². The fourth-order valence-corrected chi connectivity index (χ4v) is 2.22. The molecule has 1 aromatic heterocycles. The van der Waals surface area contributed by atoms with Crippen LogP contribution in [0, 0.1) is 0 Å². The van der Waals surface area contributed by atoms with E-state index in [1.54, 1.807) is 12.4 Å². The fourth-order valence-electron chi connectivity index (χ4n) is 2.22. The molecule has 0 amide bonds. The van der Waals surface area contributed by atoms with Crippen LogP contribution in [0.5, 0.6) is 0 Å². The number of carboxylic acid groups (broad SMARTS) is 1. The Hall–Kier alpha value is -2.16. The summed E-state index contributed by atoms with van der Waals surface area (Å²) in [6, 6.07) is 14.0. The van der Waals surface area contributed by atoms with Gasteiger partial charge < -0.3 is 5.11 Å². The summed E-state index contributed by atoms with van der Waals surface area (Å²) >= 11 is 0. The smallest absolute Gasteiger partial charge is 0.303 e. The minimum atomic E-state index is -0.755. The summed E-state index contributed by atoms with van der Waals surface area (Å²) in [5, 5.41) is 9.03. The Morgan fingerprint density at radius 3 is 2.42 bits per heavy atom. The zero-order chi connectivity index (χ0) is 13.5. The third kappa shape index (κ3) is 4.21. The lowest BCUT2D eigenvalue weighted by atomic mass is 9.90. The number of pyridine rings is 1. The van der Waals surface area contributed by atoms with Crippen LogP contribution in [0.25, 0.3) is 0 Å². The van der Waals surface area contributed by atoms with E-state index in [4.69, 9.17) is 5.11 Å². The van der Waals surface area contributed by atoms with Crippen LogP contribution in [0.1, 0.15) is 29.9 Å². The van der Waals surface area contributed by atoms with Crippen molar-refractivity contribution in [1.29, 1.82) is 0 Å². The molecule has 1 heterocycles. The van der Waals surface area contributed by atoms with Crippen LogP contribution in [0.3, 0.4) is 0 Å². The van der Waals surface area contributed by atoms with Gasteiger partial charge in [-0.15, -0.1) is 0 Å². The summed E-state index contributed by atoms with van der Waals surface area (Å²) in [5.41, 5.74) is 2.29. The van der Waals surface area contributed by atoms with Crippen LogP contribution >= 0.6 is 0 Å². The second-order valence-electron chi connectivity index (χ2n) is 4.60. The minimum absolute atomic E-state index is 0.0423. The largest absolute Gasteiger partial charge is 0.481 e. The van der Waals surface area contributed by atoms with Gasteiger partial charge in [0.05, 0.1) is 6.42 Å². The van der Waals surface area contributed by atoms with E-state index in [2.05, 4.69) is 17.1 Å². The molecule has 0 aliphatic carbocycles. The Morgan fingerprint density at radius 1 is 1.11 bits per heavy atom. The second kappa shape index (κ2) is 6.69. The van der Waals surface area contributed by atoms with E-state index < -0.39 is 5.97 Å². The summed E-state index contributed by atoms with van der Waals surface area (Å²) in [4.78, 5) is 15.0. The molecule has 1 atom stereocenters. The molecule has 0 bridgehead atoms. The third-order valence-electron chi connectivity index (χ3n) is 3.22. The number of carboxylic acids is 1. The number of hydrogen-bond donors (Lipinski definition) is 1. The van der Waals surface area contributed by atoms with Gasteiger partial charge >= 0.3 is 5.97 Å². The van der Waals surface area contributed by atoms with Gasteiger partial charge in [-0.2, -0.15) is 0 Å². The van der Waals surface area contributed by atoms with Crippen molar-refractivity contribution in [2.45, 2.75) is 25.2 Å². The molecule has 1 N–H and O–H groups in total. The lowest BCUT2D eigenvalue weighted by molar-refractivity contribution is -0.137. The van der Waals surface area contributed by atoms with E-state index >= 15 is 0 Å². The van der Waals surface area contributed by atoms with E-state index in [-0.39, 0.29) is 12.3 Å². The fraction of sp³-hybridized carbons (Fsp3) is 0.250. The molecule has 3 nitrogen and oxygen atoms in total. The van der Waals surface area contributed by atoms with Gasteiger partial charge in [-0.05, 0) is 42.0 Å². The highest BCUT2D eigenvalue weighted by molar-refractivity contribution is 5.68. The first-order valence-corrected chi connectivity index (χ1v) is 6.41. The molecular formula is C16H17NO2. The van der Waals surface area contributed by atoms with Gasteiger partial charge in [-0.1, -0.05) is 30.3 Å². The summed E-state index contributed by atoms with van der Waals surface area (Å²) in [6.07, 6.45) is 5.32. The predicted octanol–water partition coefficient (Wildman–Crippen LogP) is 3.27. The lowest BCUT2D eigenvalue weighted by Gasteiger charge is -2.15. The molecule has 2 rings (SSSR count). The average Bonchev–Trinajstić information content (AvgIpc) is 2.45. The van der Waals surface area contributed by atoms with Gasteiger partial charge in [0.1, 0.15) is 0 Å². The van der Waals surface area contributed by atoms with E-state index in [1.807, 2.05) is 30.3 Å². The molecule has 0 spiro atoms. The molecule has 0 fully saturated rings. The predicted molar refractivity (Wildman–Crippen MR) is 74.0 cm³/mol. The molecule has 1 unspecified atom stereocenters. The van der Waals surface area contributed by atoms with Crippen LogP contribution in [0.2, 0.25) is 0 Å².